The van der Waals surface area contributed by atoms with Gasteiger partial charge in [-0.3, -0.25) is 9.89 Å². The smallest absolute Gasteiger partial charge is 0.193 e. The minimum Gasteiger partial charge on any atom is -0.493 e. The van der Waals surface area contributed by atoms with Crippen LogP contribution in [-0.2, 0) is 17.7 Å². The van der Waals surface area contributed by atoms with Crippen molar-refractivity contribution >= 4 is 29.9 Å². The van der Waals surface area contributed by atoms with Crippen LogP contribution < -0.4 is 14.8 Å². The molecule has 3 heterocycles. The summed E-state index contributed by atoms with van der Waals surface area (Å²) in [5, 5.41) is 3.50. The van der Waals surface area contributed by atoms with Gasteiger partial charge in [-0.05, 0) is 49.4 Å². The second-order valence-corrected chi connectivity index (χ2v) is 8.71. The Balaban J connectivity index is 0.00000272. The van der Waals surface area contributed by atoms with Gasteiger partial charge >= 0.3 is 0 Å². The van der Waals surface area contributed by atoms with Crippen LogP contribution in [0.25, 0.3) is 0 Å². The highest BCUT2D eigenvalue weighted by molar-refractivity contribution is 14.0. The maximum Gasteiger partial charge on any atom is 0.193 e. The molecule has 1 N–H and O–H groups in total. The van der Waals surface area contributed by atoms with Crippen LogP contribution in [0.3, 0.4) is 0 Å². The Kier molecular flexibility index (Phi) is 8.69. The number of guanidine groups is 1. The molecule has 1 aromatic rings. The van der Waals surface area contributed by atoms with Crippen molar-refractivity contribution in [2.24, 2.45) is 10.4 Å². The summed E-state index contributed by atoms with van der Waals surface area (Å²) in [6, 6.07) is 4.25. The van der Waals surface area contributed by atoms with E-state index in [1.54, 1.807) is 14.2 Å². The average molecular weight is 544 g/mol. The van der Waals surface area contributed by atoms with Gasteiger partial charge in [-0.25, -0.2) is 0 Å². The molecule has 174 valence electrons. The Labute approximate surface area is 203 Å². The normalized spacial score (nSPS) is 23.6. The largest absolute Gasteiger partial charge is 0.493 e. The number of halogens is 1. The first-order valence-electron chi connectivity index (χ1n) is 11.2. The molecule has 8 heteroatoms. The maximum absolute atomic E-state index is 5.68. The summed E-state index contributed by atoms with van der Waals surface area (Å²) >= 11 is 0. The number of fused-ring (bicyclic) bond motifs is 1. The van der Waals surface area contributed by atoms with Crippen molar-refractivity contribution in [2.75, 3.05) is 66.7 Å². The number of aliphatic imine (C=N–C) groups is 1. The summed E-state index contributed by atoms with van der Waals surface area (Å²) in [7, 11) is 3.39. The second-order valence-electron chi connectivity index (χ2n) is 8.71. The van der Waals surface area contributed by atoms with Crippen molar-refractivity contribution in [1.29, 1.82) is 0 Å². The Hall–Kier alpha value is -1.26. The third-order valence-corrected chi connectivity index (χ3v) is 6.73. The summed E-state index contributed by atoms with van der Waals surface area (Å²) in [4.78, 5) is 9.88. The minimum atomic E-state index is 0. The molecule has 7 nitrogen and oxygen atoms in total. The standard InChI is InChI=1S/C23H36N4O3.HI/c1-4-24-22(27-10-6-23(16-27)7-12-30-17-23)25-8-11-26-9-5-18-13-20(28-2)21(29-3)14-19(18)15-26;/h13-14H,4-12,15-17H2,1-3H3,(H,24,25);1H. The van der Waals surface area contributed by atoms with Crippen molar-refractivity contribution in [1.82, 2.24) is 15.1 Å². The molecule has 1 unspecified atom stereocenters. The highest BCUT2D eigenvalue weighted by Gasteiger charge is 2.42. The van der Waals surface area contributed by atoms with E-state index in [9.17, 15) is 0 Å². The fraction of sp³-hybridized carbons (Fsp3) is 0.696. The zero-order valence-electron chi connectivity index (χ0n) is 19.1. The van der Waals surface area contributed by atoms with Crippen molar-refractivity contribution in [2.45, 2.75) is 32.7 Å². The van der Waals surface area contributed by atoms with Gasteiger partial charge in [-0.1, -0.05) is 0 Å². The number of rotatable bonds is 6. The van der Waals surface area contributed by atoms with Crippen LogP contribution in [0.4, 0.5) is 0 Å². The van der Waals surface area contributed by atoms with Crippen LogP contribution in [0.1, 0.15) is 30.9 Å². The number of nitrogens with one attached hydrogen (secondary N) is 1. The van der Waals surface area contributed by atoms with Crippen molar-refractivity contribution in [3.63, 3.8) is 0 Å². The molecular weight excluding hydrogens is 507 g/mol. The molecule has 2 fully saturated rings. The highest BCUT2D eigenvalue weighted by atomic mass is 127. The molecule has 0 saturated carbocycles. The van der Waals surface area contributed by atoms with Gasteiger partial charge in [0.25, 0.3) is 0 Å². The van der Waals surface area contributed by atoms with Crippen molar-refractivity contribution in [3.05, 3.63) is 23.3 Å². The third-order valence-electron chi connectivity index (χ3n) is 6.73. The highest BCUT2D eigenvalue weighted by Crippen LogP contribution is 2.38. The maximum atomic E-state index is 5.68. The summed E-state index contributed by atoms with van der Waals surface area (Å²) < 4.78 is 16.6. The van der Waals surface area contributed by atoms with Gasteiger partial charge in [0.05, 0.1) is 27.4 Å². The van der Waals surface area contributed by atoms with E-state index < -0.39 is 0 Å². The zero-order chi connectivity index (χ0) is 21.0. The SMILES string of the molecule is CCNC(=NCCN1CCc2cc(OC)c(OC)cc2C1)N1CCC2(CCOC2)C1.I. The van der Waals surface area contributed by atoms with E-state index in [4.69, 9.17) is 19.2 Å². The Bertz CT molecular complexity index is 767. The van der Waals surface area contributed by atoms with E-state index in [1.807, 2.05) is 0 Å². The lowest BCUT2D eigenvalue weighted by molar-refractivity contribution is 0.156. The first-order valence-corrected chi connectivity index (χ1v) is 11.2. The average Bonchev–Trinajstić information content (AvgIpc) is 3.41. The van der Waals surface area contributed by atoms with Gasteiger partial charge in [-0.15, -0.1) is 24.0 Å². The number of ether oxygens (including phenoxy) is 3. The molecule has 0 bridgehead atoms. The van der Waals surface area contributed by atoms with E-state index >= 15 is 0 Å². The van der Waals surface area contributed by atoms with E-state index in [2.05, 4.69) is 34.2 Å². The van der Waals surface area contributed by atoms with E-state index in [0.717, 1.165) is 82.9 Å². The second kappa shape index (κ2) is 11.0. The van der Waals surface area contributed by atoms with Crippen molar-refractivity contribution < 1.29 is 14.2 Å². The van der Waals surface area contributed by atoms with Gasteiger partial charge < -0.3 is 24.4 Å². The number of methoxy groups -OCH3 is 2. The lowest BCUT2D eigenvalue weighted by atomic mass is 9.87. The topological polar surface area (TPSA) is 58.6 Å². The molecule has 2 saturated heterocycles. The third kappa shape index (κ3) is 5.57. The Morgan fingerprint density at radius 1 is 1.16 bits per heavy atom. The summed E-state index contributed by atoms with van der Waals surface area (Å²) in [6.07, 6.45) is 3.43. The molecule has 0 radical (unpaired) electrons. The van der Waals surface area contributed by atoms with E-state index in [0.29, 0.717) is 5.41 Å². The van der Waals surface area contributed by atoms with Crippen LogP contribution >= 0.6 is 24.0 Å². The Morgan fingerprint density at radius 2 is 1.94 bits per heavy atom. The van der Waals surface area contributed by atoms with E-state index in [-0.39, 0.29) is 24.0 Å². The molecule has 0 aliphatic carbocycles. The van der Waals surface area contributed by atoms with Crippen LogP contribution in [0.15, 0.2) is 17.1 Å². The number of likely N-dealkylation sites (tertiary alicyclic amines) is 1. The van der Waals surface area contributed by atoms with Crippen LogP contribution in [0.2, 0.25) is 0 Å². The molecule has 1 aromatic carbocycles. The lowest BCUT2D eigenvalue weighted by Gasteiger charge is -2.29. The Morgan fingerprint density at radius 3 is 2.61 bits per heavy atom. The number of hydrogen-bond acceptors (Lipinski definition) is 5. The lowest BCUT2D eigenvalue weighted by Crippen LogP contribution is -2.42. The van der Waals surface area contributed by atoms with Crippen LogP contribution in [0.5, 0.6) is 11.5 Å². The molecule has 3 aliphatic rings. The molecule has 31 heavy (non-hydrogen) atoms. The summed E-state index contributed by atoms with van der Waals surface area (Å²) in [5.41, 5.74) is 3.05. The van der Waals surface area contributed by atoms with Crippen molar-refractivity contribution in [3.8, 4) is 11.5 Å². The molecule has 4 rings (SSSR count). The first kappa shape index (κ1) is 24.4. The molecule has 0 amide bonds. The van der Waals surface area contributed by atoms with Crippen LogP contribution in [-0.4, -0.2) is 82.5 Å². The summed E-state index contributed by atoms with van der Waals surface area (Å²) in [5.74, 6) is 2.69. The fourth-order valence-electron chi connectivity index (χ4n) is 4.94. The number of nitrogens with zero attached hydrogens (tertiary/aromatic N) is 3. The van der Waals surface area contributed by atoms with Gasteiger partial charge in [0.1, 0.15) is 0 Å². The molecule has 3 aliphatic heterocycles. The first-order chi connectivity index (χ1) is 14.7. The quantitative estimate of drug-likeness (QED) is 0.338. The predicted molar refractivity (Wildman–Crippen MR) is 134 cm³/mol. The van der Waals surface area contributed by atoms with Gasteiger partial charge in [0, 0.05) is 51.3 Å². The molecular formula is C23H37IN4O3. The summed E-state index contributed by atoms with van der Waals surface area (Å²) in [6.45, 7) is 10.8. The minimum absolute atomic E-state index is 0. The van der Waals surface area contributed by atoms with Gasteiger partial charge in [-0.2, -0.15) is 0 Å². The van der Waals surface area contributed by atoms with Crippen LogP contribution in [0, 0.1) is 5.41 Å². The molecule has 1 spiro atoms. The molecule has 0 aromatic heterocycles. The van der Waals surface area contributed by atoms with E-state index in [1.165, 1.54) is 24.0 Å². The monoisotopic (exact) mass is 544 g/mol. The number of benzene rings is 1. The molecule has 1 atom stereocenters. The predicted octanol–water partition coefficient (Wildman–Crippen LogP) is 2.76. The zero-order valence-corrected chi connectivity index (χ0v) is 21.4. The van der Waals surface area contributed by atoms with Gasteiger partial charge in [0.15, 0.2) is 17.5 Å². The fourth-order valence-corrected chi connectivity index (χ4v) is 4.94. The van der Waals surface area contributed by atoms with Gasteiger partial charge in [0.2, 0.25) is 0 Å². The number of hydrogen-bond donors (Lipinski definition) is 1.